The Morgan fingerprint density at radius 2 is 1.80 bits per heavy atom. The minimum Gasteiger partial charge on any atom is -0.490 e. The van der Waals surface area contributed by atoms with E-state index in [0.717, 1.165) is 87.6 Å². The highest BCUT2D eigenvalue weighted by molar-refractivity contribution is 7.90. The number of alkyl halides is 1. The third-order valence-electron chi connectivity index (χ3n) is 13.9. The number of aryl methyl sites for hydroxylation is 1. The number of nitrogens with zero attached hydrogens (tertiary/aromatic N) is 2. The van der Waals surface area contributed by atoms with Crippen LogP contribution < -0.4 is 14.4 Å². The van der Waals surface area contributed by atoms with Gasteiger partial charge < -0.3 is 19.1 Å². The van der Waals surface area contributed by atoms with Crippen molar-refractivity contribution in [1.82, 2.24) is 9.62 Å². The zero-order chi connectivity index (χ0) is 35.3. The predicted molar refractivity (Wildman–Crippen MR) is 197 cm³/mol. The summed E-state index contributed by atoms with van der Waals surface area (Å²) in [6.07, 6.45) is 6.42. The normalized spacial score (nSPS) is 39.3. The van der Waals surface area contributed by atoms with Crippen molar-refractivity contribution >= 4 is 44.8 Å². The number of halogens is 2. The van der Waals surface area contributed by atoms with Gasteiger partial charge in [0.2, 0.25) is 10.0 Å². The van der Waals surface area contributed by atoms with E-state index in [2.05, 4.69) is 26.7 Å². The fourth-order valence-corrected chi connectivity index (χ4v) is 12.7. The number of carbonyl (C=O) groups is 1. The molecule has 1 spiro atoms. The van der Waals surface area contributed by atoms with Crippen LogP contribution >= 0.6 is 23.2 Å². The Morgan fingerprint density at radius 1 is 1.00 bits per heavy atom. The second kappa shape index (κ2) is 12.8. The van der Waals surface area contributed by atoms with Gasteiger partial charge >= 0.3 is 0 Å². The molecule has 4 aliphatic heterocycles. The number of rotatable bonds is 2. The van der Waals surface area contributed by atoms with Gasteiger partial charge in [-0.05, 0) is 111 Å². The average Bonchev–Trinajstić information content (AvgIpc) is 3.68. The number of fused-ring (bicyclic) bond motifs is 4. The highest BCUT2D eigenvalue weighted by Crippen LogP contribution is 2.77. The zero-order valence-electron chi connectivity index (χ0n) is 29.5. The number of amides is 1. The van der Waals surface area contributed by atoms with Crippen LogP contribution in [-0.2, 0) is 31.3 Å². The summed E-state index contributed by atoms with van der Waals surface area (Å²) in [5.74, 6) is 1.42. The van der Waals surface area contributed by atoms with Gasteiger partial charge in [0.05, 0.1) is 42.2 Å². The van der Waals surface area contributed by atoms with Crippen LogP contribution in [0.2, 0.25) is 5.02 Å². The monoisotopic (exact) mass is 757 g/mol. The van der Waals surface area contributed by atoms with Crippen molar-refractivity contribution in [1.29, 1.82) is 0 Å². The highest BCUT2D eigenvalue weighted by atomic mass is 35.5. The number of ether oxygens (including phenoxy) is 3. The van der Waals surface area contributed by atoms with Crippen LogP contribution in [0.25, 0.3) is 0 Å². The molecule has 2 aromatic rings. The predicted octanol–water partition coefficient (Wildman–Crippen LogP) is 6.00. The van der Waals surface area contributed by atoms with Gasteiger partial charge in [-0.15, -0.1) is 11.6 Å². The van der Waals surface area contributed by atoms with Crippen LogP contribution in [0.5, 0.6) is 5.75 Å². The van der Waals surface area contributed by atoms with E-state index < -0.39 is 21.2 Å². The van der Waals surface area contributed by atoms with Crippen molar-refractivity contribution in [3.63, 3.8) is 0 Å². The lowest BCUT2D eigenvalue weighted by Crippen LogP contribution is -2.58. The Bertz CT molecular complexity index is 1820. The van der Waals surface area contributed by atoms with Gasteiger partial charge in [-0.1, -0.05) is 31.0 Å². The molecule has 7 aliphatic rings. The van der Waals surface area contributed by atoms with Gasteiger partial charge in [-0.2, -0.15) is 0 Å². The lowest BCUT2D eigenvalue weighted by Gasteiger charge is -2.45. The number of anilines is 1. The third-order valence-corrected chi connectivity index (χ3v) is 16.4. The molecule has 4 fully saturated rings. The molecule has 2 saturated heterocycles. The van der Waals surface area contributed by atoms with E-state index in [1.165, 1.54) is 11.1 Å². The first-order valence-electron chi connectivity index (χ1n) is 19.0. The van der Waals surface area contributed by atoms with Gasteiger partial charge in [0.15, 0.2) is 6.29 Å². The maximum Gasteiger partial charge on any atom is 0.264 e. The summed E-state index contributed by atoms with van der Waals surface area (Å²) in [5, 5.41) is 0.236. The smallest absolute Gasteiger partial charge is 0.264 e. The van der Waals surface area contributed by atoms with Gasteiger partial charge in [-0.3, -0.25) is 9.69 Å². The minimum absolute atomic E-state index is 0.0778. The Labute approximate surface area is 311 Å². The van der Waals surface area contributed by atoms with Crippen LogP contribution in [-0.4, -0.2) is 88.2 Å². The molecule has 1 N–H and O–H groups in total. The Balaban J connectivity index is 1.07. The van der Waals surface area contributed by atoms with Crippen LogP contribution in [0.1, 0.15) is 73.9 Å². The molecule has 51 heavy (non-hydrogen) atoms. The van der Waals surface area contributed by atoms with E-state index in [1.54, 1.807) is 13.0 Å². The van der Waals surface area contributed by atoms with Crippen molar-refractivity contribution in [3.05, 3.63) is 58.1 Å². The number of likely N-dealkylation sites (tertiary alicyclic amines) is 1. The molecule has 4 heterocycles. The quantitative estimate of drug-likeness (QED) is 0.373. The molecular formula is C39H49Cl2N3O6S. The molecule has 0 aromatic heterocycles. The van der Waals surface area contributed by atoms with E-state index in [1.807, 2.05) is 25.1 Å². The van der Waals surface area contributed by atoms with Crippen molar-refractivity contribution in [3.8, 4) is 5.75 Å². The van der Waals surface area contributed by atoms with E-state index in [4.69, 9.17) is 37.4 Å². The summed E-state index contributed by atoms with van der Waals surface area (Å²) in [7, 11) is -3.91. The fourth-order valence-electron chi connectivity index (χ4n) is 10.8. The maximum absolute atomic E-state index is 13.6. The number of hydrogen-bond acceptors (Lipinski definition) is 8. The van der Waals surface area contributed by atoms with E-state index in [0.29, 0.717) is 43.1 Å². The molecule has 7 atom stereocenters. The maximum atomic E-state index is 13.6. The first kappa shape index (κ1) is 34.7. The zero-order valence-corrected chi connectivity index (χ0v) is 31.8. The summed E-state index contributed by atoms with van der Waals surface area (Å²) in [5.41, 5.74) is 3.41. The lowest BCUT2D eigenvalue weighted by molar-refractivity contribution is -0.242. The molecule has 2 bridgehead atoms. The van der Waals surface area contributed by atoms with E-state index in [-0.39, 0.29) is 34.5 Å². The molecule has 9 nitrogen and oxygen atoms in total. The molecular weight excluding hydrogens is 709 g/mol. The molecule has 2 unspecified atom stereocenters. The molecule has 0 radical (unpaired) electrons. The number of sulfonamides is 1. The van der Waals surface area contributed by atoms with E-state index in [9.17, 15) is 13.2 Å². The van der Waals surface area contributed by atoms with Crippen molar-refractivity contribution < 1.29 is 27.4 Å². The molecule has 12 heteroatoms. The fraction of sp³-hybridized carbons (Fsp3) is 0.667. The Morgan fingerprint density at radius 3 is 2.59 bits per heavy atom. The van der Waals surface area contributed by atoms with Crippen LogP contribution in [0.15, 0.2) is 36.4 Å². The Hall–Kier alpha value is -2.08. The van der Waals surface area contributed by atoms with E-state index >= 15 is 0 Å². The van der Waals surface area contributed by atoms with Crippen LogP contribution in [0, 0.1) is 29.1 Å². The average molecular weight is 759 g/mol. The summed E-state index contributed by atoms with van der Waals surface area (Å²) in [6, 6.07) is 11.9. The van der Waals surface area contributed by atoms with Gasteiger partial charge in [0, 0.05) is 47.6 Å². The standard InChI is InChI=1S/C39H49Cl2N3O6S/c1-23-5-3-12-39(37-48-19-30(20-49-37)43-17-29(41)18-43)32-14-27(35(32)39)16-44-21-38(11-4-6-25-13-28(40)8-9-31(25)38)22-50-34-10-7-26(15-33(34)44)36(45)42-51(46,47)24(23)2/h7-10,13,15,23-24,27,29-30,32,35,37H,3-6,11-12,14,16-22H2,1-2H3,(H,42,45)/t23-,24+,27-,30?,32?,35-,37?,38-,39?/m0/s1. The summed E-state index contributed by atoms with van der Waals surface area (Å²) in [6.45, 7) is 8.83. The Kier molecular flexibility index (Phi) is 8.68. The first-order chi connectivity index (χ1) is 24.5. The van der Waals surface area contributed by atoms with Gasteiger partial charge in [0.25, 0.3) is 5.91 Å². The summed E-state index contributed by atoms with van der Waals surface area (Å²) >= 11 is 12.8. The van der Waals surface area contributed by atoms with Gasteiger partial charge in [0.1, 0.15) is 5.75 Å². The van der Waals surface area contributed by atoms with Crippen molar-refractivity contribution in [2.45, 2.75) is 87.2 Å². The SMILES string of the molecule is C[C@@H]1[C@@H](C)CCCC2(C3OCC(N4CC(Cl)C4)CO3)C3C[C@@H](CN4C[C@@]5(CCCc6cc(Cl)ccc65)COc5ccc(cc54)C(=O)NS1(=O)=O)[C@@H]32. The number of hydrogen-bond donors (Lipinski definition) is 1. The number of benzene rings is 2. The van der Waals surface area contributed by atoms with Crippen LogP contribution in [0.4, 0.5) is 5.69 Å². The second-order valence-corrected chi connectivity index (χ2v) is 19.9. The van der Waals surface area contributed by atoms with Crippen molar-refractivity contribution in [2.75, 3.05) is 50.9 Å². The van der Waals surface area contributed by atoms with Crippen molar-refractivity contribution in [2.24, 2.45) is 29.1 Å². The molecule has 9 rings (SSSR count). The highest BCUT2D eigenvalue weighted by Gasteiger charge is 2.77. The number of carbonyl (C=O) groups excluding carboxylic acids is 1. The molecule has 2 aromatic carbocycles. The lowest BCUT2D eigenvalue weighted by atomic mass is 9.70. The second-order valence-electron chi connectivity index (χ2n) is 16.8. The molecule has 3 aliphatic carbocycles. The molecule has 276 valence electrons. The minimum atomic E-state index is -3.91. The van der Waals surface area contributed by atoms with Crippen LogP contribution in [0.3, 0.4) is 0 Å². The molecule has 2 saturated carbocycles. The topological polar surface area (TPSA) is 97.4 Å². The largest absolute Gasteiger partial charge is 0.490 e. The van der Waals surface area contributed by atoms with Gasteiger partial charge in [-0.25, -0.2) is 13.1 Å². The third kappa shape index (κ3) is 5.81. The summed E-state index contributed by atoms with van der Waals surface area (Å²) in [4.78, 5) is 18.4. The number of nitrogens with one attached hydrogen (secondary N) is 1. The summed E-state index contributed by atoms with van der Waals surface area (Å²) < 4.78 is 49.5. The molecule has 1 amide bonds. The first-order valence-corrected chi connectivity index (χ1v) is 21.3.